The smallest absolute Gasteiger partial charge is 0.142 e. The summed E-state index contributed by atoms with van der Waals surface area (Å²) in [5.41, 5.74) is 0.943. The molecule has 2 atom stereocenters. The molecule has 0 amide bonds. The topological polar surface area (TPSA) is 47.3 Å². The Kier molecular flexibility index (Phi) is 4.12. The number of hydrogen-bond acceptors (Lipinski definition) is 3. The van der Waals surface area contributed by atoms with Crippen LogP contribution in [0, 0.1) is 0 Å². The van der Waals surface area contributed by atoms with E-state index in [2.05, 4.69) is 4.98 Å². The maximum Gasteiger partial charge on any atom is 0.142 e. The standard InChI is InChI=1S/C14H18N2O2/c1-3-16-10-9-15-14(16)12(17)13(18-2)11-7-5-4-6-8-11/h4-10,12-13,17H,3H2,1-2H3. The van der Waals surface area contributed by atoms with Gasteiger partial charge in [0.05, 0.1) is 0 Å². The summed E-state index contributed by atoms with van der Waals surface area (Å²) >= 11 is 0. The molecule has 18 heavy (non-hydrogen) atoms. The van der Waals surface area contributed by atoms with Crippen molar-refractivity contribution in [1.29, 1.82) is 0 Å². The third kappa shape index (κ3) is 2.44. The van der Waals surface area contributed by atoms with E-state index in [0.29, 0.717) is 5.82 Å². The molecule has 0 bridgehead atoms. The number of aliphatic hydroxyl groups is 1. The number of benzene rings is 1. The lowest BCUT2D eigenvalue weighted by Gasteiger charge is -2.22. The Morgan fingerprint density at radius 1 is 1.33 bits per heavy atom. The molecule has 0 saturated heterocycles. The molecule has 0 spiro atoms. The van der Waals surface area contributed by atoms with Crippen molar-refractivity contribution in [3.05, 3.63) is 54.1 Å². The van der Waals surface area contributed by atoms with Gasteiger partial charge in [-0.1, -0.05) is 30.3 Å². The van der Waals surface area contributed by atoms with Gasteiger partial charge in [-0.2, -0.15) is 0 Å². The molecule has 2 aromatic rings. The van der Waals surface area contributed by atoms with Crippen LogP contribution in [0.15, 0.2) is 42.7 Å². The van der Waals surface area contributed by atoms with E-state index in [1.807, 2.05) is 48.0 Å². The summed E-state index contributed by atoms with van der Waals surface area (Å²) in [4.78, 5) is 4.21. The zero-order valence-corrected chi connectivity index (χ0v) is 10.7. The van der Waals surface area contributed by atoms with Gasteiger partial charge in [-0.3, -0.25) is 0 Å². The van der Waals surface area contributed by atoms with E-state index in [1.165, 1.54) is 0 Å². The molecule has 2 unspecified atom stereocenters. The highest BCUT2D eigenvalue weighted by Gasteiger charge is 2.25. The van der Waals surface area contributed by atoms with Gasteiger partial charge in [0.25, 0.3) is 0 Å². The molecule has 0 fully saturated rings. The van der Waals surface area contributed by atoms with Gasteiger partial charge in [0.1, 0.15) is 18.0 Å². The zero-order chi connectivity index (χ0) is 13.0. The minimum Gasteiger partial charge on any atom is -0.382 e. The number of rotatable bonds is 5. The summed E-state index contributed by atoms with van der Waals surface area (Å²) in [5.74, 6) is 0.633. The number of aryl methyl sites for hydroxylation is 1. The Labute approximate surface area is 107 Å². The number of aliphatic hydroxyl groups excluding tert-OH is 1. The normalized spacial score (nSPS) is 14.4. The first-order valence-electron chi connectivity index (χ1n) is 6.04. The fraction of sp³-hybridized carbons (Fsp3) is 0.357. The highest BCUT2D eigenvalue weighted by Crippen LogP contribution is 2.30. The van der Waals surface area contributed by atoms with Gasteiger partial charge in [-0.05, 0) is 12.5 Å². The third-order valence-electron chi connectivity index (χ3n) is 3.02. The molecular weight excluding hydrogens is 228 g/mol. The van der Waals surface area contributed by atoms with Crippen molar-refractivity contribution in [2.24, 2.45) is 0 Å². The van der Waals surface area contributed by atoms with Gasteiger partial charge in [-0.15, -0.1) is 0 Å². The van der Waals surface area contributed by atoms with Gasteiger partial charge < -0.3 is 14.4 Å². The second-order valence-electron chi connectivity index (χ2n) is 4.08. The molecule has 0 saturated carbocycles. The second-order valence-corrected chi connectivity index (χ2v) is 4.08. The first-order valence-corrected chi connectivity index (χ1v) is 6.04. The van der Waals surface area contributed by atoms with Gasteiger partial charge >= 0.3 is 0 Å². The summed E-state index contributed by atoms with van der Waals surface area (Å²) < 4.78 is 7.33. The Morgan fingerprint density at radius 2 is 2.06 bits per heavy atom. The molecule has 1 aromatic carbocycles. The van der Waals surface area contributed by atoms with E-state index in [0.717, 1.165) is 12.1 Å². The van der Waals surface area contributed by atoms with Crippen LogP contribution in [0.25, 0.3) is 0 Å². The predicted molar refractivity (Wildman–Crippen MR) is 69.1 cm³/mol. The Balaban J connectivity index is 2.28. The monoisotopic (exact) mass is 246 g/mol. The van der Waals surface area contributed by atoms with Gasteiger partial charge in [0.15, 0.2) is 0 Å². The van der Waals surface area contributed by atoms with Crippen LogP contribution < -0.4 is 0 Å². The fourth-order valence-corrected chi connectivity index (χ4v) is 2.08. The van der Waals surface area contributed by atoms with Crippen LogP contribution in [-0.2, 0) is 11.3 Å². The number of imidazole rings is 1. The highest BCUT2D eigenvalue weighted by molar-refractivity contribution is 5.20. The first kappa shape index (κ1) is 12.8. The Hall–Kier alpha value is -1.65. The molecule has 0 radical (unpaired) electrons. The summed E-state index contributed by atoms with van der Waals surface area (Å²) in [7, 11) is 1.60. The number of hydrogen-bond donors (Lipinski definition) is 1. The van der Waals surface area contributed by atoms with E-state index in [-0.39, 0.29) is 0 Å². The molecule has 4 heteroatoms. The van der Waals surface area contributed by atoms with Crippen LogP contribution in [0.3, 0.4) is 0 Å². The third-order valence-corrected chi connectivity index (χ3v) is 3.02. The molecule has 0 aliphatic rings. The summed E-state index contributed by atoms with van der Waals surface area (Å²) in [6, 6.07) is 9.68. The average molecular weight is 246 g/mol. The zero-order valence-electron chi connectivity index (χ0n) is 10.7. The molecular formula is C14H18N2O2. The minimum atomic E-state index is -0.771. The van der Waals surface area contributed by atoms with E-state index in [4.69, 9.17) is 4.74 Å². The SMILES string of the molecule is CCn1ccnc1C(O)C(OC)c1ccccc1. The molecule has 2 rings (SSSR count). The largest absolute Gasteiger partial charge is 0.382 e. The van der Waals surface area contributed by atoms with E-state index >= 15 is 0 Å². The Morgan fingerprint density at radius 3 is 2.67 bits per heavy atom. The van der Waals surface area contributed by atoms with Crippen LogP contribution in [0.5, 0.6) is 0 Å². The number of nitrogens with zero attached hydrogens (tertiary/aromatic N) is 2. The minimum absolute atomic E-state index is 0.404. The lowest BCUT2D eigenvalue weighted by atomic mass is 10.0. The maximum absolute atomic E-state index is 10.4. The number of aromatic nitrogens is 2. The van der Waals surface area contributed by atoms with Crippen molar-refractivity contribution in [2.75, 3.05) is 7.11 Å². The fourth-order valence-electron chi connectivity index (χ4n) is 2.08. The van der Waals surface area contributed by atoms with Crippen LogP contribution in [0.2, 0.25) is 0 Å². The van der Waals surface area contributed by atoms with Crippen molar-refractivity contribution in [3.63, 3.8) is 0 Å². The molecule has 96 valence electrons. The van der Waals surface area contributed by atoms with Gasteiger partial charge in [-0.25, -0.2) is 4.98 Å². The van der Waals surface area contributed by atoms with Crippen LogP contribution in [0.4, 0.5) is 0 Å². The van der Waals surface area contributed by atoms with Crippen molar-refractivity contribution in [2.45, 2.75) is 25.7 Å². The molecule has 1 N–H and O–H groups in total. The van der Waals surface area contributed by atoms with Gasteiger partial charge in [0.2, 0.25) is 0 Å². The second kappa shape index (κ2) is 5.80. The predicted octanol–water partition coefficient (Wildman–Crippen LogP) is 2.32. The summed E-state index contributed by atoms with van der Waals surface area (Å²) in [5, 5.41) is 10.4. The quantitative estimate of drug-likeness (QED) is 0.880. The van der Waals surface area contributed by atoms with Crippen LogP contribution >= 0.6 is 0 Å². The van der Waals surface area contributed by atoms with Gasteiger partial charge in [0, 0.05) is 26.0 Å². The highest BCUT2D eigenvalue weighted by atomic mass is 16.5. The van der Waals surface area contributed by atoms with Crippen molar-refractivity contribution in [3.8, 4) is 0 Å². The number of ether oxygens (including phenoxy) is 1. The molecule has 0 aliphatic heterocycles. The molecule has 0 aliphatic carbocycles. The molecule has 1 aromatic heterocycles. The summed E-state index contributed by atoms with van der Waals surface area (Å²) in [6.07, 6.45) is 2.38. The Bertz CT molecular complexity index is 482. The molecule has 4 nitrogen and oxygen atoms in total. The number of methoxy groups -OCH3 is 1. The summed E-state index contributed by atoms with van der Waals surface area (Å²) in [6.45, 7) is 2.79. The van der Waals surface area contributed by atoms with Crippen LogP contribution in [-0.4, -0.2) is 21.8 Å². The van der Waals surface area contributed by atoms with Crippen molar-refractivity contribution in [1.82, 2.24) is 9.55 Å². The lowest BCUT2D eigenvalue weighted by molar-refractivity contribution is -0.0208. The van der Waals surface area contributed by atoms with E-state index in [9.17, 15) is 5.11 Å². The van der Waals surface area contributed by atoms with Crippen molar-refractivity contribution >= 4 is 0 Å². The molecule has 1 heterocycles. The average Bonchev–Trinajstić information content (AvgIpc) is 2.89. The van der Waals surface area contributed by atoms with Crippen LogP contribution in [0.1, 0.15) is 30.5 Å². The first-order chi connectivity index (χ1) is 8.77. The lowest BCUT2D eigenvalue weighted by Crippen LogP contribution is -2.17. The van der Waals surface area contributed by atoms with Crippen molar-refractivity contribution < 1.29 is 9.84 Å². The van der Waals surface area contributed by atoms with E-state index < -0.39 is 12.2 Å². The maximum atomic E-state index is 10.4. The van der Waals surface area contributed by atoms with E-state index in [1.54, 1.807) is 13.3 Å².